The topological polar surface area (TPSA) is 205 Å². The maximum absolute atomic E-state index is 11.5. The summed E-state index contributed by atoms with van der Waals surface area (Å²) in [7, 11) is 0. The number of hydrogen-bond acceptors (Lipinski definition) is 8. The molecule has 150 valence electrons. The van der Waals surface area contributed by atoms with E-state index in [9.17, 15) is 28.8 Å². The van der Waals surface area contributed by atoms with E-state index in [0.29, 0.717) is 0 Å². The fourth-order valence-corrected chi connectivity index (χ4v) is 1.77. The van der Waals surface area contributed by atoms with Gasteiger partial charge in [-0.3, -0.25) is 34.1 Å². The van der Waals surface area contributed by atoms with E-state index in [4.69, 9.17) is 15.9 Å². The summed E-state index contributed by atoms with van der Waals surface area (Å²) >= 11 is 3.87. The summed E-state index contributed by atoms with van der Waals surface area (Å²) in [6.07, 6.45) is 2.16. The first-order valence-corrected chi connectivity index (χ1v) is 8.11. The van der Waals surface area contributed by atoms with Gasteiger partial charge in [0, 0.05) is 24.3 Å². The van der Waals surface area contributed by atoms with Crippen LogP contribution in [0.2, 0.25) is 0 Å². The highest BCUT2D eigenvalue weighted by atomic mass is 32.1. The Hall–Kier alpha value is -2.93. The molecule has 0 aliphatic carbocycles. The molecule has 1 heterocycles. The Kier molecular flexibility index (Phi) is 11.1. The third-order valence-electron chi connectivity index (χ3n) is 2.88. The summed E-state index contributed by atoms with van der Waals surface area (Å²) in [6.45, 7) is -0.567. The number of aliphatic carboxylic acids is 2. The van der Waals surface area contributed by atoms with Crippen molar-refractivity contribution in [2.24, 2.45) is 5.73 Å². The molecule has 0 aromatic carbocycles. The molecule has 1 aliphatic rings. The molecule has 4 amide bonds. The SMILES string of the molecule is N[C@@H](CCC(=O)N[C@@H](CS)C(=O)NCC(=O)O)C(=O)O.O=C1C=CC(=O)N1. The average Bonchev–Trinajstić information content (AvgIpc) is 2.98. The van der Waals surface area contributed by atoms with Crippen LogP contribution in [0.3, 0.4) is 0 Å². The first kappa shape index (κ1) is 24.1. The second-order valence-electron chi connectivity index (χ2n) is 5.08. The molecule has 2 atom stereocenters. The van der Waals surface area contributed by atoms with E-state index in [2.05, 4.69) is 23.3 Å². The molecule has 0 bridgehead atoms. The van der Waals surface area contributed by atoms with Gasteiger partial charge in [-0.15, -0.1) is 0 Å². The Labute approximate surface area is 158 Å². The Morgan fingerprint density at radius 2 is 1.70 bits per heavy atom. The Bertz CT molecular complexity index is 621. The van der Waals surface area contributed by atoms with Gasteiger partial charge in [0.15, 0.2) is 0 Å². The molecule has 0 aromatic heterocycles. The molecule has 0 spiro atoms. The fourth-order valence-electron chi connectivity index (χ4n) is 1.51. The van der Waals surface area contributed by atoms with E-state index in [1.165, 1.54) is 12.2 Å². The summed E-state index contributed by atoms with van der Waals surface area (Å²) in [5.41, 5.74) is 5.23. The van der Waals surface area contributed by atoms with Gasteiger partial charge in [-0.25, -0.2) is 0 Å². The van der Waals surface area contributed by atoms with Crippen molar-refractivity contribution in [1.29, 1.82) is 0 Å². The molecule has 12 nitrogen and oxygen atoms in total. The van der Waals surface area contributed by atoms with Crippen LogP contribution < -0.4 is 21.7 Å². The minimum Gasteiger partial charge on any atom is -0.480 e. The largest absolute Gasteiger partial charge is 0.480 e. The third kappa shape index (κ3) is 11.3. The minimum atomic E-state index is -1.22. The molecule has 0 unspecified atom stereocenters. The smallest absolute Gasteiger partial charge is 0.322 e. The summed E-state index contributed by atoms with van der Waals surface area (Å²) in [4.78, 5) is 63.8. The van der Waals surface area contributed by atoms with Crippen molar-refractivity contribution >= 4 is 48.2 Å². The van der Waals surface area contributed by atoms with Gasteiger partial charge in [0.2, 0.25) is 11.8 Å². The van der Waals surface area contributed by atoms with Gasteiger partial charge in [-0.2, -0.15) is 12.6 Å². The number of hydrogen-bond donors (Lipinski definition) is 7. The predicted molar refractivity (Wildman–Crippen MR) is 93.6 cm³/mol. The quantitative estimate of drug-likeness (QED) is 0.154. The summed E-state index contributed by atoms with van der Waals surface area (Å²) in [5, 5.41) is 23.4. The monoisotopic (exact) mass is 404 g/mol. The van der Waals surface area contributed by atoms with E-state index in [1.54, 1.807) is 0 Å². The minimum absolute atomic E-state index is 0.0256. The number of nitrogens with one attached hydrogen (secondary N) is 3. The zero-order chi connectivity index (χ0) is 21.0. The lowest BCUT2D eigenvalue weighted by atomic mass is 10.1. The maximum atomic E-state index is 11.5. The maximum Gasteiger partial charge on any atom is 0.322 e. The normalized spacial score (nSPS) is 14.3. The van der Waals surface area contributed by atoms with Crippen LogP contribution >= 0.6 is 12.6 Å². The van der Waals surface area contributed by atoms with Crippen molar-refractivity contribution in [2.45, 2.75) is 24.9 Å². The van der Waals surface area contributed by atoms with Crippen LogP contribution in [0.4, 0.5) is 0 Å². The predicted octanol–water partition coefficient (Wildman–Crippen LogP) is -3.01. The van der Waals surface area contributed by atoms with Crippen LogP contribution in [-0.4, -0.2) is 70.2 Å². The van der Waals surface area contributed by atoms with Crippen LogP contribution in [0.5, 0.6) is 0 Å². The second kappa shape index (κ2) is 12.4. The number of carboxylic acid groups (broad SMARTS) is 2. The van der Waals surface area contributed by atoms with Crippen LogP contribution in [0.1, 0.15) is 12.8 Å². The van der Waals surface area contributed by atoms with Gasteiger partial charge in [-0.1, -0.05) is 0 Å². The summed E-state index contributed by atoms with van der Waals surface area (Å²) in [6, 6.07) is -2.15. The molecule has 13 heteroatoms. The molecule has 0 aromatic rings. The highest BCUT2D eigenvalue weighted by Crippen LogP contribution is 1.97. The van der Waals surface area contributed by atoms with Crippen molar-refractivity contribution in [1.82, 2.24) is 16.0 Å². The highest BCUT2D eigenvalue weighted by molar-refractivity contribution is 7.80. The number of rotatable bonds is 9. The van der Waals surface area contributed by atoms with E-state index in [0.717, 1.165) is 0 Å². The Morgan fingerprint density at radius 1 is 1.15 bits per heavy atom. The van der Waals surface area contributed by atoms with E-state index >= 15 is 0 Å². The molecule has 0 radical (unpaired) electrons. The number of amides is 4. The molecule has 0 saturated carbocycles. The second-order valence-corrected chi connectivity index (χ2v) is 5.45. The van der Waals surface area contributed by atoms with Crippen molar-refractivity contribution in [3.63, 3.8) is 0 Å². The number of nitrogens with two attached hydrogens (primary N) is 1. The van der Waals surface area contributed by atoms with Crippen LogP contribution in [0.15, 0.2) is 12.2 Å². The molecular weight excluding hydrogens is 384 g/mol. The van der Waals surface area contributed by atoms with Crippen LogP contribution in [0, 0.1) is 0 Å². The van der Waals surface area contributed by atoms with Crippen molar-refractivity contribution < 1.29 is 39.0 Å². The Balaban J connectivity index is 0.000000797. The van der Waals surface area contributed by atoms with Gasteiger partial charge >= 0.3 is 11.9 Å². The molecular formula is C14H20N4O8S. The van der Waals surface area contributed by atoms with Crippen LogP contribution in [0.25, 0.3) is 0 Å². The first-order chi connectivity index (χ1) is 12.6. The van der Waals surface area contributed by atoms with Crippen LogP contribution in [-0.2, 0) is 28.8 Å². The summed E-state index contributed by atoms with van der Waals surface area (Å²) < 4.78 is 0. The number of carboxylic acids is 2. The van der Waals surface area contributed by atoms with Gasteiger partial charge in [0.25, 0.3) is 11.8 Å². The van der Waals surface area contributed by atoms with Gasteiger partial charge in [0.05, 0.1) is 0 Å². The zero-order valence-electron chi connectivity index (χ0n) is 14.0. The number of carbonyl (C=O) groups excluding carboxylic acids is 4. The average molecular weight is 404 g/mol. The van der Waals surface area contributed by atoms with Gasteiger partial charge in [-0.05, 0) is 6.42 Å². The van der Waals surface area contributed by atoms with E-state index in [-0.39, 0.29) is 30.4 Å². The summed E-state index contributed by atoms with van der Waals surface area (Å²) in [5.74, 6) is -4.36. The lowest BCUT2D eigenvalue weighted by molar-refractivity contribution is -0.139. The molecule has 1 aliphatic heterocycles. The lowest BCUT2D eigenvalue weighted by Crippen LogP contribution is -2.49. The fraction of sp³-hybridized carbons (Fsp3) is 0.429. The standard InChI is InChI=1S/C10H17N3O6S.C4H3NO2/c11-5(10(18)19)1-2-7(14)13-6(4-20)9(17)12-3-8(15)16;6-3-1-2-4(7)5-3/h5-6,20H,1-4,11H2,(H,12,17)(H,13,14)(H,15,16)(H,18,19);1-2H,(H,5,6,7)/t5-,6-;/m0./s1. The third-order valence-corrected chi connectivity index (χ3v) is 3.25. The van der Waals surface area contributed by atoms with Gasteiger partial charge in [0.1, 0.15) is 18.6 Å². The Morgan fingerprint density at radius 3 is 2.07 bits per heavy atom. The number of carbonyl (C=O) groups is 6. The molecule has 7 N–H and O–H groups in total. The van der Waals surface area contributed by atoms with Crippen molar-refractivity contribution in [3.05, 3.63) is 12.2 Å². The molecule has 27 heavy (non-hydrogen) atoms. The van der Waals surface area contributed by atoms with Gasteiger partial charge < -0.3 is 26.6 Å². The molecule has 0 saturated heterocycles. The molecule has 1 rings (SSSR count). The lowest BCUT2D eigenvalue weighted by Gasteiger charge is -2.16. The van der Waals surface area contributed by atoms with Crippen molar-refractivity contribution in [3.8, 4) is 0 Å². The molecule has 0 fully saturated rings. The highest BCUT2D eigenvalue weighted by Gasteiger charge is 2.20. The van der Waals surface area contributed by atoms with E-state index < -0.39 is 42.4 Å². The number of thiol groups is 1. The van der Waals surface area contributed by atoms with Crippen molar-refractivity contribution in [2.75, 3.05) is 12.3 Å². The number of imide groups is 1. The first-order valence-electron chi connectivity index (χ1n) is 7.48. The zero-order valence-corrected chi connectivity index (χ0v) is 14.9. The van der Waals surface area contributed by atoms with E-state index in [1.807, 2.05) is 5.32 Å².